The van der Waals surface area contributed by atoms with Gasteiger partial charge in [-0.15, -0.1) is 0 Å². The minimum Gasteiger partial charge on any atom is -0.359 e. The maximum Gasteiger partial charge on any atom is 0.171 e. The zero-order valence-corrected chi connectivity index (χ0v) is 14.8. The molecule has 3 N–H and O–H groups in total. The summed E-state index contributed by atoms with van der Waals surface area (Å²) in [6.45, 7) is 8.23. The summed E-state index contributed by atoms with van der Waals surface area (Å²) in [6, 6.07) is 9.18. The monoisotopic (exact) mass is 320 g/mol. The predicted molar refractivity (Wildman–Crippen MR) is 98.7 cm³/mol. The van der Waals surface area contributed by atoms with Crippen molar-refractivity contribution in [1.82, 2.24) is 5.32 Å². The minimum atomic E-state index is 0.527. The van der Waals surface area contributed by atoms with Gasteiger partial charge in [0.15, 0.2) is 5.11 Å². The Morgan fingerprint density at radius 1 is 1.18 bits per heavy atom. The summed E-state index contributed by atoms with van der Waals surface area (Å²) in [5, 5.41) is 7.53. The van der Waals surface area contributed by atoms with Crippen molar-refractivity contribution in [2.45, 2.75) is 52.0 Å². The molecule has 1 saturated heterocycles. The molecule has 0 atom stereocenters. The van der Waals surface area contributed by atoms with Crippen molar-refractivity contribution in [1.29, 1.82) is 0 Å². The maximum atomic E-state index is 5.45. The van der Waals surface area contributed by atoms with Crippen LogP contribution in [0.5, 0.6) is 0 Å². The van der Waals surface area contributed by atoms with Crippen molar-refractivity contribution in [3.05, 3.63) is 29.8 Å². The standard InChI is InChI=1S/C18H29N3S/c1-3-5-6-15-7-9-16(10-8-15)19-18(22)20-17-11-13-21(4-2)14-12-17/h7-10,17H,3-6,11-14H2,1-2H3,(H2,19,20,22)/p+1. The number of likely N-dealkylation sites (tertiary alicyclic amines) is 1. The zero-order chi connectivity index (χ0) is 15.8. The van der Waals surface area contributed by atoms with Crippen LogP contribution in [0.3, 0.4) is 0 Å². The SMILES string of the molecule is CCCCc1ccc(NC(=S)NC2CC[NH+](CC)CC2)cc1. The molecular formula is C18H30N3S+. The third-order valence-electron chi connectivity index (χ3n) is 4.56. The maximum absolute atomic E-state index is 5.45. The van der Waals surface area contributed by atoms with Crippen molar-refractivity contribution < 1.29 is 4.90 Å². The van der Waals surface area contributed by atoms with E-state index in [0.717, 1.165) is 17.2 Å². The average molecular weight is 321 g/mol. The number of anilines is 1. The second kappa shape index (κ2) is 9.11. The van der Waals surface area contributed by atoms with Crippen LogP contribution in [0, 0.1) is 0 Å². The molecule has 1 aromatic carbocycles. The van der Waals surface area contributed by atoms with Gasteiger partial charge in [0.1, 0.15) is 0 Å². The Balaban J connectivity index is 1.75. The molecule has 0 saturated carbocycles. The normalized spacial score (nSPS) is 21.4. The molecule has 3 nitrogen and oxygen atoms in total. The molecule has 0 unspecified atom stereocenters. The molecule has 1 aromatic rings. The largest absolute Gasteiger partial charge is 0.359 e. The number of piperidine rings is 1. The van der Waals surface area contributed by atoms with E-state index in [-0.39, 0.29) is 0 Å². The van der Waals surface area contributed by atoms with E-state index in [0.29, 0.717) is 6.04 Å². The lowest BCUT2D eigenvalue weighted by molar-refractivity contribution is -0.903. The van der Waals surface area contributed by atoms with Crippen molar-refractivity contribution in [3.63, 3.8) is 0 Å². The highest BCUT2D eigenvalue weighted by Crippen LogP contribution is 2.12. The van der Waals surface area contributed by atoms with Crippen LogP contribution >= 0.6 is 12.2 Å². The van der Waals surface area contributed by atoms with E-state index in [4.69, 9.17) is 12.2 Å². The lowest BCUT2D eigenvalue weighted by Crippen LogP contribution is -3.13. The fourth-order valence-electron chi connectivity index (χ4n) is 3.01. The van der Waals surface area contributed by atoms with Crippen LogP contribution in [0.15, 0.2) is 24.3 Å². The molecule has 1 aliphatic heterocycles. The smallest absolute Gasteiger partial charge is 0.171 e. The first-order valence-corrected chi connectivity index (χ1v) is 9.12. The minimum absolute atomic E-state index is 0.527. The van der Waals surface area contributed by atoms with Gasteiger partial charge in [0.25, 0.3) is 0 Å². The second-order valence-corrected chi connectivity index (χ2v) is 6.69. The molecule has 0 aliphatic carbocycles. The van der Waals surface area contributed by atoms with Crippen LogP contribution in [0.4, 0.5) is 5.69 Å². The van der Waals surface area contributed by atoms with Crippen LogP contribution in [0.25, 0.3) is 0 Å². The van der Waals surface area contributed by atoms with Gasteiger partial charge in [-0.25, -0.2) is 0 Å². The van der Waals surface area contributed by atoms with Crippen molar-refractivity contribution in [3.8, 4) is 0 Å². The number of rotatable bonds is 6. The highest BCUT2D eigenvalue weighted by molar-refractivity contribution is 7.80. The number of benzene rings is 1. The number of quaternary nitrogens is 1. The molecule has 0 bridgehead atoms. The van der Waals surface area contributed by atoms with E-state index in [1.165, 1.54) is 50.9 Å². The number of unbranched alkanes of at least 4 members (excludes halogenated alkanes) is 1. The highest BCUT2D eigenvalue weighted by atomic mass is 32.1. The number of nitrogens with one attached hydrogen (secondary N) is 3. The lowest BCUT2D eigenvalue weighted by Gasteiger charge is -2.29. The molecule has 0 radical (unpaired) electrons. The van der Waals surface area contributed by atoms with Gasteiger partial charge >= 0.3 is 0 Å². The Kier molecular flexibility index (Phi) is 7.13. The van der Waals surface area contributed by atoms with Crippen LogP contribution in [0.1, 0.15) is 45.1 Å². The third kappa shape index (κ3) is 5.58. The third-order valence-corrected chi connectivity index (χ3v) is 4.78. The molecule has 4 heteroatoms. The summed E-state index contributed by atoms with van der Waals surface area (Å²) in [5.41, 5.74) is 2.48. The molecule has 2 rings (SSSR count). The summed E-state index contributed by atoms with van der Waals surface area (Å²) in [4.78, 5) is 1.71. The van der Waals surface area contributed by atoms with Crippen molar-refractivity contribution in [2.24, 2.45) is 0 Å². The van der Waals surface area contributed by atoms with Gasteiger partial charge in [-0.1, -0.05) is 25.5 Å². The van der Waals surface area contributed by atoms with E-state index in [2.05, 4.69) is 48.7 Å². The summed E-state index contributed by atoms with van der Waals surface area (Å²) >= 11 is 5.45. The Labute approximate surface area is 140 Å². The second-order valence-electron chi connectivity index (χ2n) is 6.28. The number of thiocarbonyl (C=S) groups is 1. The molecule has 122 valence electrons. The zero-order valence-electron chi connectivity index (χ0n) is 14.0. The van der Waals surface area contributed by atoms with Crippen molar-refractivity contribution >= 4 is 23.0 Å². The van der Waals surface area contributed by atoms with Crippen LogP contribution in [-0.2, 0) is 6.42 Å². The highest BCUT2D eigenvalue weighted by Gasteiger charge is 2.21. The number of aryl methyl sites for hydroxylation is 1. The van der Waals surface area contributed by atoms with Gasteiger partial charge in [-0.2, -0.15) is 0 Å². The fraction of sp³-hybridized carbons (Fsp3) is 0.611. The summed E-state index contributed by atoms with van der Waals surface area (Å²) in [5.74, 6) is 0. The summed E-state index contributed by atoms with van der Waals surface area (Å²) in [6.07, 6.45) is 6.08. The topological polar surface area (TPSA) is 28.5 Å². The molecule has 22 heavy (non-hydrogen) atoms. The van der Waals surface area contributed by atoms with Gasteiger partial charge in [-0.05, 0) is 49.7 Å². The number of hydrogen-bond acceptors (Lipinski definition) is 1. The average Bonchev–Trinajstić information content (AvgIpc) is 2.55. The molecule has 0 spiro atoms. The molecule has 0 amide bonds. The van der Waals surface area contributed by atoms with Gasteiger partial charge in [0, 0.05) is 24.6 Å². The molecule has 1 fully saturated rings. The van der Waals surface area contributed by atoms with E-state index < -0.39 is 0 Å². The lowest BCUT2D eigenvalue weighted by atomic mass is 10.1. The molecule has 1 aliphatic rings. The Bertz CT molecular complexity index is 450. The van der Waals surface area contributed by atoms with Gasteiger partial charge in [-0.3, -0.25) is 0 Å². The Hall–Kier alpha value is -1.13. The van der Waals surface area contributed by atoms with Crippen LogP contribution in [-0.4, -0.2) is 30.8 Å². The first kappa shape index (κ1) is 17.2. The summed E-state index contributed by atoms with van der Waals surface area (Å²) in [7, 11) is 0. The predicted octanol–water partition coefficient (Wildman–Crippen LogP) is 2.38. The first-order valence-electron chi connectivity index (χ1n) is 8.71. The molecule has 0 aromatic heterocycles. The van der Waals surface area contributed by atoms with Crippen LogP contribution in [0.2, 0.25) is 0 Å². The summed E-state index contributed by atoms with van der Waals surface area (Å²) < 4.78 is 0. The quantitative estimate of drug-likeness (QED) is 0.703. The van der Waals surface area contributed by atoms with E-state index in [1.54, 1.807) is 4.90 Å². The van der Waals surface area contributed by atoms with E-state index in [9.17, 15) is 0 Å². The Morgan fingerprint density at radius 3 is 2.45 bits per heavy atom. The van der Waals surface area contributed by atoms with Crippen LogP contribution < -0.4 is 15.5 Å². The van der Waals surface area contributed by atoms with Gasteiger partial charge < -0.3 is 15.5 Å². The van der Waals surface area contributed by atoms with Gasteiger partial charge in [0.2, 0.25) is 0 Å². The van der Waals surface area contributed by atoms with Crippen molar-refractivity contribution in [2.75, 3.05) is 25.0 Å². The van der Waals surface area contributed by atoms with Gasteiger partial charge in [0.05, 0.1) is 19.6 Å². The fourth-order valence-corrected chi connectivity index (χ4v) is 3.30. The Morgan fingerprint density at radius 2 is 1.86 bits per heavy atom. The number of hydrogen-bond donors (Lipinski definition) is 3. The van der Waals surface area contributed by atoms with E-state index >= 15 is 0 Å². The molecule has 1 heterocycles. The first-order chi connectivity index (χ1) is 10.7. The van der Waals surface area contributed by atoms with E-state index in [1.807, 2.05) is 0 Å². The molecular weight excluding hydrogens is 290 g/mol.